The fraction of sp³-hybridized carbons (Fsp3) is 0.135. The van der Waals surface area contributed by atoms with E-state index in [2.05, 4.69) is 129 Å². The van der Waals surface area contributed by atoms with Crippen molar-refractivity contribution < 1.29 is 4.42 Å². The van der Waals surface area contributed by atoms with Crippen LogP contribution in [0.5, 0.6) is 0 Å². The van der Waals surface area contributed by atoms with E-state index in [0.717, 1.165) is 21.9 Å². The molecule has 184 valence electrons. The third-order valence-electron chi connectivity index (χ3n) is 8.42. The van der Waals surface area contributed by atoms with E-state index in [9.17, 15) is 0 Å². The van der Waals surface area contributed by atoms with Crippen LogP contribution in [0, 0.1) is 11.8 Å². The first-order valence-electron chi connectivity index (χ1n) is 13.5. The molecule has 1 aliphatic rings. The highest BCUT2D eigenvalue weighted by atomic mass is 16.3. The minimum atomic E-state index is 0.448. The molecule has 0 saturated carbocycles. The van der Waals surface area contributed by atoms with E-state index in [-0.39, 0.29) is 0 Å². The third kappa shape index (κ3) is 3.96. The highest BCUT2D eigenvalue weighted by Crippen LogP contribution is 2.36. The van der Waals surface area contributed by atoms with Crippen molar-refractivity contribution in [1.29, 1.82) is 0 Å². The lowest BCUT2D eigenvalue weighted by Crippen LogP contribution is -2.13. The second kappa shape index (κ2) is 9.19. The molecule has 38 heavy (non-hydrogen) atoms. The van der Waals surface area contributed by atoms with E-state index in [0.29, 0.717) is 17.8 Å². The number of allylic oxidation sites excluding steroid dienone is 4. The van der Waals surface area contributed by atoms with Crippen LogP contribution in [-0.4, -0.2) is 0 Å². The maximum Gasteiger partial charge on any atom is 0.135 e. The summed E-state index contributed by atoms with van der Waals surface area (Å²) in [4.78, 5) is 0. The molecule has 0 fully saturated rings. The quantitative estimate of drug-likeness (QED) is 0.240. The van der Waals surface area contributed by atoms with Crippen LogP contribution in [0.2, 0.25) is 0 Å². The van der Waals surface area contributed by atoms with Crippen molar-refractivity contribution in [3.8, 4) is 22.3 Å². The fourth-order valence-corrected chi connectivity index (χ4v) is 5.92. The van der Waals surface area contributed by atoms with Gasteiger partial charge in [0.05, 0.1) is 0 Å². The summed E-state index contributed by atoms with van der Waals surface area (Å²) in [7, 11) is 0. The van der Waals surface area contributed by atoms with Gasteiger partial charge in [-0.25, -0.2) is 0 Å². The lowest BCUT2D eigenvalue weighted by atomic mass is 9.80. The Morgan fingerprint density at radius 2 is 1.13 bits per heavy atom. The molecule has 0 bridgehead atoms. The van der Waals surface area contributed by atoms with Crippen LogP contribution in [0.4, 0.5) is 0 Å². The molecule has 0 N–H and O–H groups in total. The van der Waals surface area contributed by atoms with Gasteiger partial charge in [-0.2, -0.15) is 0 Å². The third-order valence-corrected chi connectivity index (χ3v) is 8.42. The Morgan fingerprint density at radius 1 is 0.526 bits per heavy atom. The number of hydrogen-bond acceptors (Lipinski definition) is 1. The second-order valence-electron chi connectivity index (χ2n) is 10.7. The van der Waals surface area contributed by atoms with Crippen LogP contribution >= 0.6 is 0 Å². The zero-order valence-electron chi connectivity index (χ0n) is 21.8. The van der Waals surface area contributed by atoms with Gasteiger partial charge in [0, 0.05) is 16.7 Å². The summed E-state index contributed by atoms with van der Waals surface area (Å²) in [6, 6.07) is 37.5. The van der Waals surface area contributed by atoms with Crippen molar-refractivity contribution in [3.63, 3.8) is 0 Å². The zero-order chi connectivity index (χ0) is 25.6. The van der Waals surface area contributed by atoms with E-state index in [1.807, 2.05) is 12.1 Å². The van der Waals surface area contributed by atoms with Crippen LogP contribution in [0.25, 0.3) is 55.0 Å². The molecular weight excluding hydrogens is 460 g/mol. The molecule has 6 aromatic rings. The van der Waals surface area contributed by atoms with E-state index in [4.69, 9.17) is 4.42 Å². The zero-order valence-corrected chi connectivity index (χ0v) is 21.8. The van der Waals surface area contributed by atoms with Gasteiger partial charge in [0.1, 0.15) is 11.2 Å². The molecule has 5 aromatic carbocycles. The van der Waals surface area contributed by atoms with Crippen molar-refractivity contribution in [1.82, 2.24) is 0 Å². The molecule has 1 aromatic heterocycles. The SMILES string of the molecule is CC1C=CC=CC(c2ccc(-c3ccc4cc(-c5ccc6oc7ccccc7c6c5)ccc4c3)cc2)C1C. The number of fused-ring (bicyclic) bond motifs is 4. The van der Waals surface area contributed by atoms with E-state index in [1.54, 1.807) is 0 Å². The molecule has 0 amide bonds. The maximum atomic E-state index is 6.02. The number of furan rings is 1. The molecular formula is C37H30O. The van der Waals surface area contributed by atoms with E-state index >= 15 is 0 Å². The molecule has 0 aliphatic heterocycles. The smallest absolute Gasteiger partial charge is 0.135 e. The topological polar surface area (TPSA) is 13.1 Å². The van der Waals surface area contributed by atoms with Crippen LogP contribution in [-0.2, 0) is 0 Å². The Morgan fingerprint density at radius 3 is 1.92 bits per heavy atom. The van der Waals surface area contributed by atoms with Gasteiger partial charge in [0.15, 0.2) is 0 Å². The molecule has 3 unspecified atom stereocenters. The van der Waals surface area contributed by atoms with Crippen LogP contribution < -0.4 is 0 Å². The summed E-state index contributed by atoms with van der Waals surface area (Å²) in [5.41, 5.74) is 8.19. The van der Waals surface area contributed by atoms with Crippen molar-refractivity contribution in [2.45, 2.75) is 19.8 Å². The summed E-state index contributed by atoms with van der Waals surface area (Å²) in [6.07, 6.45) is 9.05. The average molecular weight is 491 g/mol. The van der Waals surface area contributed by atoms with Gasteiger partial charge in [-0.1, -0.05) is 111 Å². The summed E-state index contributed by atoms with van der Waals surface area (Å²) in [5, 5.41) is 4.83. The first-order chi connectivity index (χ1) is 18.6. The van der Waals surface area contributed by atoms with Gasteiger partial charge in [-0.05, 0) is 80.8 Å². The molecule has 0 saturated heterocycles. The Balaban J connectivity index is 1.19. The summed E-state index contributed by atoms with van der Waals surface area (Å²) in [6.45, 7) is 4.67. The fourth-order valence-electron chi connectivity index (χ4n) is 5.92. The average Bonchev–Trinajstić information content (AvgIpc) is 3.25. The molecule has 0 spiro atoms. The highest BCUT2D eigenvalue weighted by molar-refractivity contribution is 6.06. The second-order valence-corrected chi connectivity index (χ2v) is 10.7. The van der Waals surface area contributed by atoms with Crippen molar-refractivity contribution in [2.24, 2.45) is 11.8 Å². The number of para-hydroxylation sites is 1. The molecule has 1 heterocycles. The summed E-state index contributed by atoms with van der Waals surface area (Å²) in [5.74, 6) is 1.60. The van der Waals surface area contributed by atoms with Gasteiger partial charge in [0.25, 0.3) is 0 Å². The van der Waals surface area contributed by atoms with Gasteiger partial charge in [-0.15, -0.1) is 0 Å². The minimum absolute atomic E-state index is 0.448. The van der Waals surface area contributed by atoms with Crippen LogP contribution in [0.15, 0.2) is 132 Å². The first kappa shape index (κ1) is 22.8. The monoisotopic (exact) mass is 490 g/mol. The first-order valence-corrected chi connectivity index (χ1v) is 13.5. The maximum absolute atomic E-state index is 6.02. The Bertz CT molecular complexity index is 1850. The Kier molecular flexibility index (Phi) is 5.51. The molecule has 7 rings (SSSR count). The number of hydrogen-bond donors (Lipinski definition) is 0. The van der Waals surface area contributed by atoms with Crippen molar-refractivity contribution in [2.75, 3.05) is 0 Å². The van der Waals surface area contributed by atoms with Crippen molar-refractivity contribution >= 4 is 32.7 Å². The van der Waals surface area contributed by atoms with Crippen LogP contribution in [0.3, 0.4) is 0 Å². The number of benzene rings is 5. The van der Waals surface area contributed by atoms with Crippen LogP contribution in [0.1, 0.15) is 25.3 Å². The molecule has 1 aliphatic carbocycles. The predicted molar refractivity (Wildman–Crippen MR) is 161 cm³/mol. The predicted octanol–water partition coefficient (Wildman–Crippen LogP) is 10.6. The standard InChI is InChI=1S/C37H30O/c1-24-7-3-4-8-33(25(24)2)27-13-11-26(12-14-27)28-15-16-30-22-31(18-17-29(30)21-28)32-19-20-37-35(23-32)34-9-5-6-10-36(34)38-37/h3-25,33H,1-2H3. The van der Waals surface area contributed by atoms with Gasteiger partial charge in [0.2, 0.25) is 0 Å². The van der Waals surface area contributed by atoms with Crippen molar-refractivity contribution in [3.05, 3.63) is 133 Å². The van der Waals surface area contributed by atoms with E-state index < -0.39 is 0 Å². The molecule has 3 atom stereocenters. The molecule has 1 nitrogen and oxygen atoms in total. The van der Waals surface area contributed by atoms with Gasteiger partial charge in [-0.3, -0.25) is 0 Å². The Labute approximate surface area is 223 Å². The highest BCUT2D eigenvalue weighted by Gasteiger charge is 2.22. The molecule has 1 heteroatoms. The lowest BCUT2D eigenvalue weighted by molar-refractivity contribution is 0.422. The normalized spacial score (nSPS) is 19.4. The number of rotatable bonds is 3. The van der Waals surface area contributed by atoms with Gasteiger partial charge >= 0.3 is 0 Å². The molecule has 0 radical (unpaired) electrons. The lowest BCUT2D eigenvalue weighted by Gasteiger charge is -2.24. The summed E-state index contributed by atoms with van der Waals surface area (Å²) >= 11 is 0. The minimum Gasteiger partial charge on any atom is -0.456 e. The largest absolute Gasteiger partial charge is 0.456 e. The van der Waals surface area contributed by atoms with Gasteiger partial charge < -0.3 is 4.42 Å². The van der Waals surface area contributed by atoms with E-state index in [1.165, 1.54) is 38.6 Å². The Hall–Kier alpha value is -4.36. The summed E-state index contributed by atoms with van der Waals surface area (Å²) < 4.78 is 6.02.